The minimum Gasteiger partial charge on any atom is -0.468 e. The third kappa shape index (κ3) is 4.94. The van der Waals surface area contributed by atoms with Crippen LogP contribution >= 0.6 is 0 Å². The zero-order valence-corrected chi connectivity index (χ0v) is 11.6. The summed E-state index contributed by atoms with van der Waals surface area (Å²) in [7, 11) is 3.31. The largest absolute Gasteiger partial charge is 0.468 e. The summed E-state index contributed by atoms with van der Waals surface area (Å²) in [6, 6.07) is -0.281. The zero-order chi connectivity index (χ0) is 12.9. The lowest BCUT2D eigenvalue weighted by Crippen LogP contribution is -2.54. The van der Waals surface area contributed by atoms with Crippen LogP contribution in [0.15, 0.2) is 0 Å². The van der Waals surface area contributed by atoms with Crippen LogP contribution in [0.2, 0.25) is 0 Å². The minimum absolute atomic E-state index is 0.161. The Labute approximate surface area is 99.3 Å². The number of methoxy groups -OCH3 is 1. The number of nitrogens with zero attached hydrogens (tertiary/aromatic N) is 1. The number of carbonyl (C=O) groups is 1. The summed E-state index contributed by atoms with van der Waals surface area (Å²) < 4.78 is 4.85. The molecule has 0 aromatic rings. The first-order valence-electron chi connectivity index (χ1n) is 5.74. The molecule has 0 fully saturated rings. The Morgan fingerprint density at radius 2 is 1.88 bits per heavy atom. The normalized spacial score (nSPS) is 14.3. The number of rotatable bonds is 5. The first-order valence-corrected chi connectivity index (χ1v) is 5.74. The van der Waals surface area contributed by atoms with Crippen molar-refractivity contribution in [3.05, 3.63) is 0 Å². The predicted molar refractivity (Wildman–Crippen MR) is 65.9 cm³/mol. The molecule has 0 amide bonds. The van der Waals surface area contributed by atoms with Crippen molar-refractivity contribution in [2.24, 2.45) is 11.3 Å². The van der Waals surface area contributed by atoms with Gasteiger partial charge in [-0.05, 0) is 11.3 Å². The summed E-state index contributed by atoms with van der Waals surface area (Å²) in [5.74, 6) is 0.340. The Bertz CT molecular complexity index is 222. The fraction of sp³-hybridized carbons (Fsp3) is 0.917. The lowest BCUT2D eigenvalue weighted by molar-refractivity contribution is -0.152. The van der Waals surface area contributed by atoms with Crippen molar-refractivity contribution in [1.29, 1.82) is 0 Å². The Balaban J connectivity index is 4.58. The predicted octanol–water partition coefficient (Wildman–Crippen LogP) is 1.67. The van der Waals surface area contributed by atoms with E-state index in [1.807, 2.05) is 32.8 Å². The van der Waals surface area contributed by atoms with Gasteiger partial charge in [0.1, 0.15) is 6.04 Å². The highest BCUT2D eigenvalue weighted by atomic mass is 16.5. The molecule has 0 aromatic heterocycles. The number of likely N-dealkylation sites (N-methyl/N-ethyl adjacent to an activating group) is 1. The summed E-state index contributed by atoms with van der Waals surface area (Å²) in [5.41, 5.74) is 3.08. The van der Waals surface area contributed by atoms with E-state index in [0.717, 1.165) is 6.54 Å². The van der Waals surface area contributed by atoms with Gasteiger partial charge in [0, 0.05) is 13.6 Å². The minimum atomic E-state index is -0.281. The van der Waals surface area contributed by atoms with Crippen LogP contribution in [0.3, 0.4) is 0 Å². The van der Waals surface area contributed by atoms with Crippen LogP contribution in [-0.2, 0) is 9.53 Å². The number of hydrogen-bond donors (Lipinski definition) is 1. The van der Waals surface area contributed by atoms with Crippen molar-refractivity contribution in [1.82, 2.24) is 10.4 Å². The highest BCUT2D eigenvalue weighted by Gasteiger charge is 2.35. The average Bonchev–Trinajstić information content (AvgIpc) is 2.12. The van der Waals surface area contributed by atoms with Gasteiger partial charge in [0.25, 0.3) is 0 Å². The van der Waals surface area contributed by atoms with Crippen LogP contribution in [0.1, 0.15) is 34.6 Å². The molecule has 1 N–H and O–H groups in total. The van der Waals surface area contributed by atoms with E-state index in [9.17, 15) is 4.79 Å². The molecular weight excluding hydrogens is 204 g/mol. The van der Waals surface area contributed by atoms with Crippen LogP contribution in [0.25, 0.3) is 0 Å². The van der Waals surface area contributed by atoms with Crippen LogP contribution in [0.5, 0.6) is 0 Å². The van der Waals surface area contributed by atoms with E-state index in [4.69, 9.17) is 4.74 Å². The maximum atomic E-state index is 11.7. The Morgan fingerprint density at radius 3 is 2.19 bits per heavy atom. The molecular formula is C12H26N2O2. The summed E-state index contributed by atoms with van der Waals surface area (Å²) in [5, 5.41) is 1.85. The molecule has 0 radical (unpaired) electrons. The fourth-order valence-corrected chi connectivity index (χ4v) is 1.62. The second-order valence-electron chi connectivity index (χ2n) is 5.66. The molecule has 16 heavy (non-hydrogen) atoms. The maximum absolute atomic E-state index is 11.7. The molecule has 96 valence electrons. The highest BCUT2D eigenvalue weighted by Crippen LogP contribution is 2.23. The molecule has 0 saturated heterocycles. The first kappa shape index (κ1) is 15.4. The second kappa shape index (κ2) is 6.21. The summed E-state index contributed by atoms with van der Waals surface area (Å²) in [6.45, 7) is 11.2. The van der Waals surface area contributed by atoms with Crippen molar-refractivity contribution >= 4 is 5.97 Å². The molecule has 0 spiro atoms. The third-order valence-corrected chi connectivity index (χ3v) is 2.38. The smallest absolute Gasteiger partial charge is 0.325 e. The van der Waals surface area contributed by atoms with Gasteiger partial charge in [-0.3, -0.25) is 10.2 Å². The van der Waals surface area contributed by atoms with E-state index in [1.54, 1.807) is 0 Å². The average molecular weight is 230 g/mol. The number of ether oxygens (including phenoxy) is 1. The fourth-order valence-electron chi connectivity index (χ4n) is 1.62. The summed E-state index contributed by atoms with van der Waals surface area (Å²) in [6.07, 6.45) is 0. The molecule has 0 bridgehead atoms. The van der Waals surface area contributed by atoms with Crippen LogP contribution in [0, 0.1) is 11.3 Å². The van der Waals surface area contributed by atoms with Gasteiger partial charge in [-0.1, -0.05) is 34.6 Å². The van der Waals surface area contributed by atoms with Gasteiger partial charge in [0.2, 0.25) is 0 Å². The number of nitrogens with one attached hydrogen (secondary N) is 1. The lowest BCUT2D eigenvalue weighted by Gasteiger charge is -2.36. The van der Waals surface area contributed by atoms with E-state index in [0.29, 0.717) is 5.92 Å². The molecule has 0 heterocycles. The molecule has 0 aliphatic rings. The van der Waals surface area contributed by atoms with Gasteiger partial charge in [-0.15, -0.1) is 0 Å². The van der Waals surface area contributed by atoms with Crippen LogP contribution in [-0.4, -0.2) is 37.7 Å². The Morgan fingerprint density at radius 1 is 1.38 bits per heavy atom. The molecule has 0 aromatic carbocycles. The van der Waals surface area contributed by atoms with Gasteiger partial charge in [-0.25, -0.2) is 5.01 Å². The topological polar surface area (TPSA) is 41.6 Å². The Hall–Kier alpha value is -0.610. The molecule has 1 atom stereocenters. The van der Waals surface area contributed by atoms with Crippen molar-refractivity contribution in [2.75, 3.05) is 20.7 Å². The molecule has 0 aliphatic carbocycles. The van der Waals surface area contributed by atoms with E-state index >= 15 is 0 Å². The van der Waals surface area contributed by atoms with Gasteiger partial charge < -0.3 is 4.74 Å². The maximum Gasteiger partial charge on any atom is 0.325 e. The zero-order valence-electron chi connectivity index (χ0n) is 11.6. The molecule has 0 aliphatic heterocycles. The number of hydrazine groups is 1. The molecule has 0 saturated carbocycles. The first-order chi connectivity index (χ1) is 7.20. The number of esters is 1. The summed E-state index contributed by atoms with van der Waals surface area (Å²) in [4.78, 5) is 11.7. The lowest BCUT2D eigenvalue weighted by atomic mass is 9.86. The van der Waals surface area contributed by atoms with Crippen molar-refractivity contribution in [3.63, 3.8) is 0 Å². The van der Waals surface area contributed by atoms with Gasteiger partial charge in [0.05, 0.1) is 7.11 Å². The van der Waals surface area contributed by atoms with E-state index in [2.05, 4.69) is 19.3 Å². The quantitative estimate of drug-likeness (QED) is 0.576. The standard InChI is InChI=1S/C12H26N2O2/c1-9(2)8-13-14(6)10(11(15)16-7)12(3,4)5/h9-10,13H,8H2,1-7H3. The molecule has 1 unspecified atom stereocenters. The molecule has 4 heteroatoms. The molecule has 4 nitrogen and oxygen atoms in total. The Kier molecular flexibility index (Phi) is 5.97. The third-order valence-electron chi connectivity index (χ3n) is 2.38. The van der Waals surface area contributed by atoms with Crippen molar-refractivity contribution < 1.29 is 9.53 Å². The van der Waals surface area contributed by atoms with E-state index < -0.39 is 0 Å². The number of carbonyl (C=O) groups excluding carboxylic acids is 1. The van der Waals surface area contributed by atoms with Crippen molar-refractivity contribution in [3.8, 4) is 0 Å². The van der Waals surface area contributed by atoms with E-state index in [1.165, 1.54) is 7.11 Å². The SMILES string of the molecule is COC(=O)C(N(C)NCC(C)C)C(C)(C)C. The van der Waals surface area contributed by atoms with Gasteiger partial charge in [0.15, 0.2) is 0 Å². The summed E-state index contributed by atoms with van der Waals surface area (Å²) >= 11 is 0. The number of hydrogen-bond acceptors (Lipinski definition) is 4. The van der Waals surface area contributed by atoms with Gasteiger partial charge in [-0.2, -0.15) is 0 Å². The van der Waals surface area contributed by atoms with Crippen LogP contribution in [0.4, 0.5) is 0 Å². The van der Waals surface area contributed by atoms with Crippen LogP contribution < -0.4 is 5.43 Å². The molecule has 0 rings (SSSR count). The monoisotopic (exact) mass is 230 g/mol. The van der Waals surface area contributed by atoms with Gasteiger partial charge >= 0.3 is 5.97 Å². The van der Waals surface area contributed by atoms with E-state index in [-0.39, 0.29) is 17.4 Å². The second-order valence-corrected chi connectivity index (χ2v) is 5.66. The van der Waals surface area contributed by atoms with Crippen molar-refractivity contribution in [2.45, 2.75) is 40.7 Å². The highest BCUT2D eigenvalue weighted by molar-refractivity contribution is 5.76.